The predicted octanol–water partition coefficient (Wildman–Crippen LogP) is 4.00. The molecule has 204 valence electrons. The Kier molecular flexibility index (Phi) is 8.57. The van der Waals surface area contributed by atoms with E-state index in [0.29, 0.717) is 16.5 Å². The molecule has 0 saturated carbocycles. The molecule has 1 amide bonds. The Bertz CT molecular complexity index is 1490. The van der Waals surface area contributed by atoms with E-state index in [4.69, 9.17) is 27.2 Å². The summed E-state index contributed by atoms with van der Waals surface area (Å²) in [5.41, 5.74) is 8.15. The first-order chi connectivity index (χ1) is 18.6. The zero-order valence-corrected chi connectivity index (χ0v) is 23.4. The number of methoxy groups -OCH3 is 1. The summed E-state index contributed by atoms with van der Waals surface area (Å²) in [5, 5.41) is 6.85. The standard InChI is InChI=1S/C28H30ClN5O4S/c1-18(2)25(27(30)35)31-28(33-39(36,37)23-11-7-10-22(16-23)38-3)34-17-24(19-8-5-4-6-9-19)26(32-34)20-12-14-21(29)15-13-20/h4-16,18,24-25H,17H2,1-3H3,(H2,30,35)(H,31,33). The van der Waals surface area contributed by atoms with E-state index in [1.54, 1.807) is 38.1 Å². The molecular weight excluding hydrogens is 538 g/mol. The highest BCUT2D eigenvalue weighted by Crippen LogP contribution is 2.30. The number of rotatable bonds is 8. The maximum absolute atomic E-state index is 13.5. The Labute approximate surface area is 233 Å². The molecule has 1 aliphatic heterocycles. The van der Waals surface area contributed by atoms with Crippen LogP contribution in [0, 0.1) is 5.92 Å². The summed E-state index contributed by atoms with van der Waals surface area (Å²) in [6.07, 6.45) is 0. The molecule has 0 fully saturated rings. The number of hydrogen-bond donors (Lipinski definition) is 2. The number of guanidine groups is 1. The minimum Gasteiger partial charge on any atom is -0.497 e. The molecular formula is C28H30ClN5O4S. The molecule has 2 unspecified atom stereocenters. The number of primary amides is 1. The minimum absolute atomic E-state index is 0.0320. The van der Waals surface area contributed by atoms with Crippen LogP contribution in [0.1, 0.15) is 30.9 Å². The third kappa shape index (κ3) is 6.58. The van der Waals surface area contributed by atoms with Crippen LogP contribution in [0.2, 0.25) is 5.02 Å². The van der Waals surface area contributed by atoms with Gasteiger partial charge in [-0.1, -0.05) is 74.0 Å². The number of nitrogens with zero attached hydrogens (tertiary/aromatic N) is 3. The van der Waals surface area contributed by atoms with E-state index in [1.165, 1.54) is 24.3 Å². The molecule has 11 heteroatoms. The van der Waals surface area contributed by atoms with Crippen molar-refractivity contribution in [3.63, 3.8) is 0 Å². The molecule has 39 heavy (non-hydrogen) atoms. The molecule has 2 atom stereocenters. The highest BCUT2D eigenvalue weighted by atomic mass is 35.5. The lowest BCUT2D eigenvalue weighted by Gasteiger charge is -2.22. The van der Waals surface area contributed by atoms with Crippen molar-refractivity contribution in [2.24, 2.45) is 21.7 Å². The van der Waals surface area contributed by atoms with E-state index in [9.17, 15) is 13.2 Å². The zero-order valence-electron chi connectivity index (χ0n) is 21.8. The van der Waals surface area contributed by atoms with Crippen LogP contribution in [-0.2, 0) is 14.8 Å². The van der Waals surface area contributed by atoms with Crippen molar-refractivity contribution < 1.29 is 17.9 Å². The summed E-state index contributed by atoms with van der Waals surface area (Å²) < 4.78 is 34.7. The Morgan fingerprint density at radius 1 is 1.10 bits per heavy atom. The molecule has 0 aliphatic carbocycles. The first-order valence-electron chi connectivity index (χ1n) is 12.3. The number of amides is 1. The average molecular weight is 568 g/mol. The maximum Gasteiger partial charge on any atom is 0.264 e. The average Bonchev–Trinajstić information content (AvgIpc) is 3.37. The van der Waals surface area contributed by atoms with Crippen LogP contribution in [0.25, 0.3) is 0 Å². The van der Waals surface area contributed by atoms with E-state index in [2.05, 4.69) is 9.71 Å². The van der Waals surface area contributed by atoms with Crippen LogP contribution in [0.5, 0.6) is 5.75 Å². The lowest BCUT2D eigenvalue weighted by molar-refractivity contribution is -0.120. The maximum atomic E-state index is 13.5. The molecule has 1 heterocycles. The molecule has 9 nitrogen and oxygen atoms in total. The number of aliphatic imine (C=N–C) groups is 1. The van der Waals surface area contributed by atoms with Crippen molar-refractivity contribution in [3.8, 4) is 5.75 Å². The zero-order chi connectivity index (χ0) is 28.2. The molecule has 1 aliphatic rings. The Morgan fingerprint density at radius 2 is 1.79 bits per heavy atom. The fraction of sp³-hybridized carbons (Fsp3) is 0.250. The number of nitrogens with one attached hydrogen (secondary N) is 1. The van der Waals surface area contributed by atoms with Crippen LogP contribution >= 0.6 is 11.6 Å². The molecule has 0 aromatic heterocycles. The number of carbonyl (C=O) groups is 1. The molecule has 4 rings (SSSR count). The van der Waals surface area contributed by atoms with Crippen molar-refractivity contribution >= 4 is 39.2 Å². The van der Waals surface area contributed by atoms with Crippen molar-refractivity contribution in [1.82, 2.24) is 9.73 Å². The van der Waals surface area contributed by atoms with Gasteiger partial charge < -0.3 is 10.5 Å². The third-order valence-corrected chi connectivity index (χ3v) is 7.84. The van der Waals surface area contributed by atoms with E-state index in [-0.39, 0.29) is 29.2 Å². The number of hydrazone groups is 1. The van der Waals surface area contributed by atoms with Gasteiger partial charge in [-0.25, -0.2) is 23.1 Å². The van der Waals surface area contributed by atoms with Crippen molar-refractivity contribution in [3.05, 3.63) is 95.0 Å². The second-order valence-corrected chi connectivity index (χ2v) is 11.5. The van der Waals surface area contributed by atoms with Gasteiger partial charge in [0.1, 0.15) is 11.8 Å². The molecule has 0 saturated heterocycles. The van der Waals surface area contributed by atoms with E-state index in [0.717, 1.165) is 11.1 Å². The number of benzene rings is 3. The highest BCUT2D eigenvalue weighted by Gasteiger charge is 2.34. The lowest BCUT2D eigenvalue weighted by Crippen LogP contribution is -2.44. The molecule has 0 spiro atoms. The Balaban J connectivity index is 1.81. The number of nitrogens with two attached hydrogens (primary N) is 1. The SMILES string of the molecule is COc1cccc(S(=O)(=O)NC(=NC(C(N)=O)C(C)C)N2CC(c3ccccc3)C(c3ccc(Cl)cc3)=N2)c1. The number of halogens is 1. The van der Waals surface area contributed by atoms with Gasteiger partial charge in [-0.15, -0.1) is 0 Å². The quantitative estimate of drug-likeness (QED) is 0.314. The van der Waals surface area contributed by atoms with Crippen LogP contribution in [0.15, 0.2) is 93.9 Å². The Morgan fingerprint density at radius 3 is 2.41 bits per heavy atom. The van der Waals surface area contributed by atoms with Crippen LogP contribution < -0.4 is 15.2 Å². The first kappa shape index (κ1) is 28.1. The Hall–Kier alpha value is -3.89. The molecule has 3 aromatic rings. The number of carbonyl (C=O) groups excluding carboxylic acids is 1. The number of hydrogen-bond acceptors (Lipinski definition) is 6. The van der Waals surface area contributed by atoms with Gasteiger partial charge in [0.05, 0.1) is 24.3 Å². The summed E-state index contributed by atoms with van der Waals surface area (Å²) in [6, 6.07) is 22.1. The van der Waals surface area contributed by atoms with Gasteiger partial charge >= 0.3 is 0 Å². The van der Waals surface area contributed by atoms with Gasteiger partial charge in [-0.3, -0.25) is 4.79 Å². The topological polar surface area (TPSA) is 126 Å². The van der Waals surface area contributed by atoms with Gasteiger partial charge in [-0.2, -0.15) is 5.10 Å². The summed E-state index contributed by atoms with van der Waals surface area (Å²) in [4.78, 5) is 16.7. The van der Waals surface area contributed by atoms with Crippen LogP contribution in [-0.4, -0.2) is 50.7 Å². The molecule has 3 aromatic carbocycles. The van der Waals surface area contributed by atoms with Crippen molar-refractivity contribution in [2.75, 3.05) is 13.7 Å². The van der Waals surface area contributed by atoms with Gasteiger partial charge in [0.2, 0.25) is 11.9 Å². The van der Waals surface area contributed by atoms with Crippen LogP contribution in [0.3, 0.4) is 0 Å². The van der Waals surface area contributed by atoms with E-state index in [1.807, 2.05) is 42.5 Å². The fourth-order valence-electron chi connectivity index (χ4n) is 4.23. The summed E-state index contributed by atoms with van der Waals surface area (Å²) in [5.74, 6) is -0.915. The van der Waals surface area contributed by atoms with Gasteiger partial charge in [0.15, 0.2) is 0 Å². The van der Waals surface area contributed by atoms with Gasteiger partial charge in [-0.05, 0) is 41.3 Å². The predicted molar refractivity (Wildman–Crippen MR) is 152 cm³/mol. The summed E-state index contributed by atoms with van der Waals surface area (Å²) >= 11 is 6.12. The van der Waals surface area contributed by atoms with Crippen LogP contribution in [0.4, 0.5) is 0 Å². The minimum atomic E-state index is -4.14. The summed E-state index contributed by atoms with van der Waals surface area (Å²) in [7, 11) is -2.69. The van der Waals surface area contributed by atoms with E-state index >= 15 is 0 Å². The molecule has 0 bridgehead atoms. The van der Waals surface area contributed by atoms with Crippen molar-refractivity contribution in [1.29, 1.82) is 0 Å². The molecule has 3 N–H and O–H groups in total. The fourth-order valence-corrected chi connectivity index (χ4v) is 5.40. The van der Waals surface area contributed by atoms with Gasteiger partial charge in [0, 0.05) is 17.0 Å². The lowest BCUT2D eigenvalue weighted by atomic mass is 9.91. The van der Waals surface area contributed by atoms with E-state index < -0.39 is 22.0 Å². The normalized spacial score (nSPS) is 16.6. The smallest absolute Gasteiger partial charge is 0.264 e. The third-order valence-electron chi connectivity index (χ3n) is 6.26. The first-order valence-corrected chi connectivity index (χ1v) is 14.2. The monoisotopic (exact) mass is 567 g/mol. The second kappa shape index (κ2) is 11.9. The van der Waals surface area contributed by atoms with Crippen molar-refractivity contribution in [2.45, 2.75) is 30.7 Å². The summed E-state index contributed by atoms with van der Waals surface area (Å²) in [6.45, 7) is 3.84. The number of ether oxygens (including phenoxy) is 1. The second-order valence-electron chi connectivity index (χ2n) is 9.37. The largest absolute Gasteiger partial charge is 0.497 e. The molecule has 0 radical (unpaired) electrons. The highest BCUT2D eigenvalue weighted by molar-refractivity contribution is 7.90. The van der Waals surface area contributed by atoms with Gasteiger partial charge in [0.25, 0.3) is 10.0 Å². The number of sulfonamides is 1.